The van der Waals surface area contributed by atoms with Crippen LogP contribution in [0.25, 0.3) is 21.8 Å². The lowest BCUT2D eigenvalue weighted by molar-refractivity contribution is 0.238. The van der Waals surface area contributed by atoms with Crippen LogP contribution in [-0.2, 0) is 0 Å². The lowest BCUT2D eigenvalue weighted by atomic mass is 9.98. The van der Waals surface area contributed by atoms with Crippen molar-refractivity contribution in [3.63, 3.8) is 0 Å². The number of thiazole rings is 1. The summed E-state index contributed by atoms with van der Waals surface area (Å²) in [5.74, 6) is 0.560. The first-order chi connectivity index (χ1) is 16.8. The van der Waals surface area contributed by atoms with E-state index in [1.165, 1.54) is 0 Å². The molecule has 10 heteroatoms. The van der Waals surface area contributed by atoms with Crippen molar-refractivity contribution >= 4 is 28.4 Å². The van der Waals surface area contributed by atoms with E-state index in [0.29, 0.717) is 18.5 Å². The van der Waals surface area contributed by atoms with Crippen LogP contribution in [0.5, 0.6) is 0 Å². The first-order valence-electron chi connectivity index (χ1n) is 11.9. The highest BCUT2D eigenvalue weighted by Crippen LogP contribution is 2.33. The minimum atomic E-state index is -0.202. The third-order valence-electron chi connectivity index (χ3n) is 5.13. The number of carbonyl (C=O) groups excluding carboxylic acids is 1. The van der Waals surface area contributed by atoms with Gasteiger partial charge in [0.15, 0.2) is 5.13 Å². The summed E-state index contributed by atoms with van der Waals surface area (Å²) in [6.07, 6.45) is 1.84. The van der Waals surface area contributed by atoms with Crippen LogP contribution in [0.4, 0.5) is 15.9 Å². The van der Waals surface area contributed by atoms with Crippen molar-refractivity contribution < 1.29 is 4.79 Å². The zero-order valence-electron chi connectivity index (χ0n) is 21.3. The van der Waals surface area contributed by atoms with Gasteiger partial charge in [0, 0.05) is 37.4 Å². The van der Waals surface area contributed by atoms with Crippen molar-refractivity contribution in [2.24, 2.45) is 0 Å². The Morgan fingerprint density at radius 1 is 1.11 bits per heavy atom. The molecule has 0 spiro atoms. The zero-order chi connectivity index (χ0) is 25.4. The van der Waals surface area contributed by atoms with Gasteiger partial charge in [-0.05, 0) is 53.4 Å². The van der Waals surface area contributed by atoms with E-state index in [9.17, 15) is 4.79 Å². The average Bonchev–Trinajstić information content (AvgIpc) is 3.26. The average molecular weight is 497 g/mol. The normalized spacial score (nSPS) is 12.0. The fourth-order valence-electron chi connectivity index (χ4n) is 3.48. The molecule has 0 radical (unpaired) electrons. The van der Waals surface area contributed by atoms with Crippen molar-refractivity contribution in [3.8, 4) is 21.8 Å². The maximum absolute atomic E-state index is 12.1. The Kier molecular flexibility index (Phi) is 9.39. The molecule has 1 atom stereocenters. The van der Waals surface area contributed by atoms with Crippen LogP contribution in [0.1, 0.15) is 39.3 Å². The Balaban J connectivity index is 2.00. The second-order valence-corrected chi connectivity index (χ2v) is 9.86. The van der Waals surface area contributed by atoms with E-state index in [1.54, 1.807) is 11.3 Å². The largest absolute Gasteiger partial charge is 0.359 e. The summed E-state index contributed by atoms with van der Waals surface area (Å²) < 4.78 is 0. The van der Waals surface area contributed by atoms with Gasteiger partial charge in [-0.1, -0.05) is 35.6 Å². The number of anilines is 2. The Hall–Kier alpha value is -3.24. The standard InChI is InChI=1S/C25H36N8OS/c1-7-26-24(34)30-17(4)18-10-8-9-11-19(18)20-14-21(22-15-28-25(35-22)29-16(2)3)32-23(31-20)27-12-13-33(5)6/h8-11,14-17H,7,12-13H2,1-6H3,(H,28,29)(H2,26,30,34)(H,27,31,32)/t17-/m0/s1. The Labute approximate surface area is 211 Å². The van der Waals surface area contributed by atoms with Crippen molar-refractivity contribution in [2.45, 2.75) is 39.8 Å². The van der Waals surface area contributed by atoms with E-state index in [-0.39, 0.29) is 12.1 Å². The minimum Gasteiger partial charge on any atom is -0.359 e. The molecule has 2 heterocycles. The van der Waals surface area contributed by atoms with Crippen LogP contribution >= 0.6 is 11.3 Å². The fourth-order valence-corrected chi connectivity index (χ4v) is 4.40. The summed E-state index contributed by atoms with van der Waals surface area (Å²) in [6, 6.07) is 9.89. The molecule has 188 valence electrons. The van der Waals surface area contributed by atoms with Gasteiger partial charge in [0.2, 0.25) is 5.95 Å². The van der Waals surface area contributed by atoms with E-state index in [0.717, 1.165) is 45.6 Å². The molecule has 1 aromatic carbocycles. The van der Waals surface area contributed by atoms with Crippen LogP contribution < -0.4 is 21.3 Å². The molecule has 35 heavy (non-hydrogen) atoms. The van der Waals surface area contributed by atoms with E-state index in [2.05, 4.69) is 45.0 Å². The molecule has 0 saturated carbocycles. The maximum Gasteiger partial charge on any atom is 0.315 e. The molecule has 9 nitrogen and oxygen atoms in total. The van der Waals surface area contributed by atoms with Crippen LogP contribution in [-0.4, -0.2) is 65.7 Å². The van der Waals surface area contributed by atoms with Crippen molar-refractivity contribution in [1.82, 2.24) is 30.5 Å². The number of nitrogens with one attached hydrogen (secondary N) is 4. The maximum atomic E-state index is 12.1. The summed E-state index contributed by atoms with van der Waals surface area (Å²) in [7, 11) is 4.06. The molecule has 0 aliphatic heterocycles. The van der Waals surface area contributed by atoms with E-state index >= 15 is 0 Å². The number of rotatable bonds is 11. The molecular weight excluding hydrogens is 460 g/mol. The van der Waals surface area contributed by atoms with Crippen molar-refractivity contribution in [3.05, 3.63) is 42.1 Å². The number of urea groups is 1. The van der Waals surface area contributed by atoms with Gasteiger partial charge in [-0.3, -0.25) is 0 Å². The van der Waals surface area contributed by atoms with Crippen LogP contribution in [0.3, 0.4) is 0 Å². The molecule has 0 bridgehead atoms. The summed E-state index contributed by atoms with van der Waals surface area (Å²) in [5, 5.41) is 13.4. The highest BCUT2D eigenvalue weighted by atomic mass is 32.1. The van der Waals surface area contributed by atoms with Gasteiger partial charge in [-0.15, -0.1) is 0 Å². The Bertz CT molecular complexity index is 1110. The number of carbonyl (C=O) groups is 1. The van der Waals surface area contributed by atoms with Gasteiger partial charge in [0.25, 0.3) is 0 Å². The number of likely N-dealkylation sites (N-methyl/N-ethyl adjacent to an activating group) is 1. The summed E-state index contributed by atoms with van der Waals surface area (Å²) in [6.45, 7) is 10.2. The van der Waals surface area contributed by atoms with Gasteiger partial charge in [0.05, 0.1) is 22.3 Å². The molecule has 4 N–H and O–H groups in total. The van der Waals surface area contributed by atoms with Crippen molar-refractivity contribution in [1.29, 1.82) is 0 Å². The van der Waals surface area contributed by atoms with Gasteiger partial charge in [0.1, 0.15) is 0 Å². The third kappa shape index (κ3) is 7.63. The fraction of sp³-hybridized carbons (Fsp3) is 0.440. The predicted molar refractivity (Wildman–Crippen MR) is 145 cm³/mol. The molecule has 2 amide bonds. The topological polar surface area (TPSA) is 107 Å². The zero-order valence-corrected chi connectivity index (χ0v) is 22.2. The van der Waals surface area contributed by atoms with Gasteiger partial charge < -0.3 is 26.2 Å². The van der Waals surface area contributed by atoms with E-state index in [4.69, 9.17) is 9.97 Å². The number of hydrogen-bond acceptors (Lipinski definition) is 8. The highest BCUT2D eigenvalue weighted by molar-refractivity contribution is 7.18. The molecule has 0 saturated heterocycles. The lowest BCUT2D eigenvalue weighted by Gasteiger charge is -2.19. The third-order valence-corrected chi connectivity index (χ3v) is 6.08. The monoisotopic (exact) mass is 496 g/mol. The summed E-state index contributed by atoms with van der Waals surface area (Å²) in [4.78, 5) is 29.3. The number of aromatic nitrogens is 3. The Morgan fingerprint density at radius 3 is 2.57 bits per heavy atom. The van der Waals surface area contributed by atoms with Crippen LogP contribution in [0, 0.1) is 0 Å². The SMILES string of the molecule is CCNC(=O)N[C@@H](C)c1ccccc1-c1cc(-c2cnc(NC(C)C)s2)nc(NCCN(C)C)n1. The van der Waals surface area contributed by atoms with Gasteiger partial charge >= 0.3 is 6.03 Å². The van der Waals surface area contributed by atoms with Crippen molar-refractivity contribution in [2.75, 3.05) is 44.4 Å². The predicted octanol–water partition coefficient (Wildman–Crippen LogP) is 4.44. The molecule has 0 aliphatic carbocycles. The quantitative estimate of drug-likeness (QED) is 0.311. The van der Waals surface area contributed by atoms with Crippen LogP contribution in [0.15, 0.2) is 36.5 Å². The highest BCUT2D eigenvalue weighted by Gasteiger charge is 2.17. The first-order valence-corrected chi connectivity index (χ1v) is 12.7. The summed E-state index contributed by atoms with van der Waals surface area (Å²) >= 11 is 1.57. The number of amides is 2. The van der Waals surface area contributed by atoms with Gasteiger partial charge in [-0.25, -0.2) is 19.7 Å². The molecular formula is C25H36N8OS. The first kappa shape index (κ1) is 26.4. The number of nitrogens with zero attached hydrogens (tertiary/aromatic N) is 4. The molecule has 3 rings (SSSR count). The summed E-state index contributed by atoms with van der Waals surface area (Å²) in [5.41, 5.74) is 3.51. The molecule has 0 aliphatic rings. The second-order valence-electron chi connectivity index (χ2n) is 8.83. The molecule has 0 unspecified atom stereocenters. The lowest BCUT2D eigenvalue weighted by Crippen LogP contribution is -2.36. The van der Waals surface area contributed by atoms with E-state index in [1.807, 2.05) is 64.5 Å². The molecule has 3 aromatic rings. The van der Waals surface area contributed by atoms with E-state index < -0.39 is 0 Å². The number of benzene rings is 1. The molecule has 0 fully saturated rings. The molecule has 2 aromatic heterocycles. The Morgan fingerprint density at radius 2 is 1.86 bits per heavy atom. The number of hydrogen-bond donors (Lipinski definition) is 4. The minimum absolute atomic E-state index is 0.195. The van der Waals surface area contributed by atoms with Gasteiger partial charge in [-0.2, -0.15) is 0 Å². The smallest absolute Gasteiger partial charge is 0.315 e. The van der Waals surface area contributed by atoms with Crippen LogP contribution in [0.2, 0.25) is 0 Å². The second kappa shape index (κ2) is 12.5.